The second-order valence-electron chi connectivity index (χ2n) is 4.72. The van der Waals surface area contributed by atoms with Crippen molar-refractivity contribution in [2.24, 2.45) is 5.92 Å². The smallest absolute Gasteiger partial charge is 0.168 e. The van der Waals surface area contributed by atoms with E-state index in [1.165, 1.54) is 0 Å². The van der Waals surface area contributed by atoms with E-state index in [0.717, 1.165) is 18.2 Å². The molecule has 1 heterocycles. The Morgan fingerprint density at radius 3 is 2.65 bits per heavy atom. The zero-order valence-corrected chi connectivity index (χ0v) is 12.7. The molecule has 0 spiro atoms. The van der Waals surface area contributed by atoms with Gasteiger partial charge in [0, 0.05) is 17.5 Å². The van der Waals surface area contributed by atoms with Crippen LogP contribution < -0.4 is 4.74 Å². The summed E-state index contributed by atoms with van der Waals surface area (Å²) in [6.07, 6.45) is 3.18. The number of nitrogens with zero attached hydrogens (tertiary/aromatic N) is 1. The topological polar surface area (TPSA) is 39.2 Å². The molecular formula is C16H18ClNO2. The largest absolute Gasteiger partial charge is 0.494 e. The maximum Gasteiger partial charge on any atom is 0.168 e. The number of para-hydroxylation sites is 1. The average molecular weight is 292 g/mol. The van der Waals surface area contributed by atoms with Gasteiger partial charge in [-0.15, -0.1) is 0 Å². The van der Waals surface area contributed by atoms with Crippen molar-refractivity contribution in [2.45, 2.75) is 26.7 Å². The quantitative estimate of drug-likeness (QED) is 0.761. The molecule has 3 nitrogen and oxygen atoms in total. The van der Waals surface area contributed by atoms with Gasteiger partial charge in [-0.3, -0.25) is 9.78 Å². The molecule has 20 heavy (non-hydrogen) atoms. The van der Waals surface area contributed by atoms with Gasteiger partial charge in [0.05, 0.1) is 17.7 Å². The average Bonchev–Trinajstić information content (AvgIpc) is 2.48. The van der Waals surface area contributed by atoms with E-state index < -0.39 is 0 Å². The van der Waals surface area contributed by atoms with Crippen LogP contribution in [0.4, 0.5) is 0 Å². The molecule has 0 fully saturated rings. The molecule has 0 bridgehead atoms. The first-order chi connectivity index (χ1) is 9.63. The number of halogens is 1. The first-order valence-electron chi connectivity index (χ1n) is 6.79. The van der Waals surface area contributed by atoms with E-state index in [1.807, 2.05) is 32.0 Å². The highest BCUT2D eigenvalue weighted by Gasteiger charge is 2.21. The molecule has 0 saturated carbocycles. The Kier molecular flexibility index (Phi) is 4.61. The number of carbonyl (C=O) groups is 1. The Labute approximate surface area is 123 Å². The fraction of sp³-hybridized carbons (Fsp3) is 0.375. The minimum absolute atomic E-state index is 0.00245. The summed E-state index contributed by atoms with van der Waals surface area (Å²) in [4.78, 5) is 16.8. The molecule has 0 amide bonds. The van der Waals surface area contributed by atoms with Gasteiger partial charge in [-0.25, -0.2) is 0 Å². The van der Waals surface area contributed by atoms with Gasteiger partial charge in [0.15, 0.2) is 5.78 Å². The second kappa shape index (κ2) is 6.23. The van der Waals surface area contributed by atoms with Crippen LogP contribution in [0.15, 0.2) is 24.4 Å². The molecule has 2 rings (SSSR count). The van der Waals surface area contributed by atoms with Crippen LogP contribution in [0.5, 0.6) is 5.75 Å². The van der Waals surface area contributed by atoms with Crippen molar-refractivity contribution in [2.75, 3.05) is 7.11 Å². The standard InChI is InChI=1S/C16H18ClNO2/c1-4-10(5-2)16(19)12-9-18-15-11(14(12)17)7-6-8-13(15)20-3/h6-10H,4-5H2,1-3H3. The van der Waals surface area contributed by atoms with Crippen LogP contribution in [0.3, 0.4) is 0 Å². The summed E-state index contributed by atoms with van der Waals surface area (Å²) in [5, 5.41) is 1.22. The van der Waals surface area contributed by atoms with E-state index in [9.17, 15) is 4.79 Å². The molecule has 0 saturated heterocycles. The Balaban J connectivity index is 2.58. The molecule has 0 unspecified atom stereocenters. The molecule has 0 aliphatic heterocycles. The van der Waals surface area contributed by atoms with E-state index >= 15 is 0 Å². The third-order valence-corrected chi connectivity index (χ3v) is 4.04. The zero-order valence-electron chi connectivity index (χ0n) is 11.9. The summed E-state index contributed by atoms with van der Waals surface area (Å²) >= 11 is 6.41. The van der Waals surface area contributed by atoms with Crippen molar-refractivity contribution in [1.29, 1.82) is 0 Å². The fourth-order valence-electron chi connectivity index (χ4n) is 2.38. The van der Waals surface area contributed by atoms with Crippen molar-refractivity contribution in [3.8, 4) is 5.75 Å². The van der Waals surface area contributed by atoms with E-state index in [-0.39, 0.29) is 11.7 Å². The number of ether oxygens (including phenoxy) is 1. The minimum Gasteiger partial charge on any atom is -0.494 e. The van der Waals surface area contributed by atoms with Crippen LogP contribution in [0.1, 0.15) is 37.0 Å². The summed E-state index contributed by atoms with van der Waals surface area (Å²) in [6.45, 7) is 4.02. The van der Waals surface area contributed by atoms with Crippen LogP contribution >= 0.6 is 11.6 Å². The first kappa shape index (κ1) is 14.8. The van der Waals surface area contributed by atoms with Crippen LogP contribution in [0.25, 0.3) is 10.9 Å². The number of fused-ring (bicyclic) bond motifs is 1. The number of carbonyl (C=O) groups excluding carboxylic acids is 1. The highest BCUT2D eigenvalue weighted by molar-refractivity contribution is 6.38. The molecule has 0 N–H and O–H groups in total. The highest BCUT2D eigenvalue weighted by atomic mass is 35.5. The predicted molar refractivity (Wildman–Crippen MR) is 81.7 cm³/mol. The Morgan fingerprint density at radius 2 is 2.05 bits per heavy atom. The highest BCUT2D eigenvalue weighted by Crippen LogP contribution is 2.32. The summed E-state index contributed by atoms with van der Waals surface area (Å²) in [5.74, 6) is 0.723. The number of ketones is 1. The van der Waals surface area contributed by atoms with E-state index in [2.05, 4.69) is 4.98 Å². The minimum atomic E-state index is -0.00245. The van der Waals surface area contributed by atoms with Crippen molar-refractivity contribution in [3.63, 3.8) is 0 Å². The van der Waals surface area contributed by atoms with Gasteiger partial charge in [-0.2, -0.15) is 0 Å². The summed E-state index contributed by atoms with van der Waals surface area (Å²) < 4.78 is 5.27. The normalized spacial score (nSPS) is 11.1. The zero-order chi connectivity index (χ0) is 14.7. The fourth-order valence-corrected chi connectivity index (χ4v) is 2.67. The summed E-state index contributed by atoms with van der Waals surface area (Å²) in [5.41, 5.74) is 1.18. The first-order valence-corrected chi connectivity index (χ1v) is 7.17. The van der Waals surface area contributed by atoms with Gasteiger partial charge in [-0.1, -0.05) is 37.6 Å². The number of benzene rings is 1. The van der Waals surface area contributed by atoms with Gasteiger partial charge >= 0.3 is 0 Å². The number of hydrogen-bond donors (Lipinski definition) is 0. The van der Waals surface area contributed by atoms with Crippen LogP contribution in [0, 0.1) is 5.92 Å². The molecule has 106 valence electrons. The summed E-state index contributed by atoms with van der Waals surface area (Å²) in [7, 11) is 1.59. The predicted octanol–water partition coefficient (Wildman–Crippen LogP) is 4.52. The lowest BCUT2D eigenvalue weighted by molar-refractivity contribution is 0.0913. The van der Waals surface area contributed by atoms with Gasteiger partial charge in [0.25, 0.3) is 0 Å². The maximum atomic E-state index is 12.5. The number of rotatable bonds is 5. The summed E-state index contributed by atoms with van der Waals surface area (Å²) in [6, 6.07) is 5.53. The molecule has 1 aromatic heterocycles. The van der Waals surface area contributed by atoms with Crippen LogP contribution in [-0.4, -0.2) is 17.9 Å². The van der Waals surface area contributed by atoms with E-state index in [4.69, 9.17) is 16.3 Å². The van der Waals surface area contributed by atoms with Gasteiger partial charge in [-0.05, 0) is 18.9 Å². The number of methoxy groups -OCH3 is 1. The number of Topliss-reactive ketones (excluding diaryl/α,β-unsaturated/α-hetero) is 1. The Bertz CT molecular complexity index is 636. The lowest BCUT2D eigenvalue weighted by Crippen LogP contribution is -2.14. The molecular weight excluding hydrogens is 274 g/mol. The van der Waals surface area contributed by atoms with E-state index in [1.54, 1.807) is 13.3 Å². The van der Waals surface area contributed by atoms with Crippen molar-refractivity contribution >= 4 is 28.3 Å². The van der Waals surface area contributed by atoms with Crippen LogP contribution in [0.2, 0.25) is 5.02 Å². The number of aromatic nitrogens is 1. The van der Waals surface area contributed by atoms with Crippen LogP contribution in [-0.2, 0) is 0 Å². The SMILES string of the molecule is CCC(CC)C(=O)c1cnc2c(OC)cccc2c1Cl. The molecule has 4 heteroatoms. The van der Waals surface area contributed by atoms with Crippen molar-refractivity contribution in [1.82, 2.24) is 4.98 Å². The van der Waals surface area contributed by atoms with Gasteiger partial charge < -0.3 is 4.74 Å². The molecule has 0 radical (unpaired) electrons. The number of pyridine rings is 1. The maximum absolute atomic E-state index is 12.5. The molecule has 1 aromatic carbocycles. The van der Waals surface area contributed by atoms with Crippen molar-refractivity contribution in [3.05, 3.63) is 35.0 Å². The lowest BCUT2D eigenvalue weighted by atomic mass is 9.93. The molecule has 0 aliphatic rings. The number of hydrogen-bond acceptors (Lipinski definition) is 3. The lowest BCUT2D eigenvalue weighted by Gasteiger charge is -2.13. The molecule has 0 atom stereocenters. The van der Waals surface area contributed by atoms with E-state index in [0.29, 0.717) is 21.9 Å². The monoisotopic (exact) mass is 291 g/mol. The van der Waals surface area contributed by atoms with Crippen molar-refractivity contribution < 1.29 is 9.53 Å². The molecule has 2 aromatic rings. The van der Waals surface area contributed by atoms with Gasteiger partial charge in [0.2, 0.25) is 0 Å². The third kappa shape index (κ3) is 2.50. The third-order valence-electron chi connectivity index (χ3n) is 3.64. The Hall–Kier alpha value is -1.61. The van der Waals surface area contributed by atoms with Gasteiger partial charge in [0.1, 0.15) is 11.3 Å². The molecule has 0 aliphatic carbocycles. The Morgan fingerprint density at radius 1 is 1.35 bits per heavy atom. The second-order valence-corrected chi connectivity index (χ2v) is 5.10.